The first-order valence-electron chi connectivity index (χ1n) is 12.7. The van der Waals surface area contributed by atoms with E-state index in [0.717, 1.165) is 10.6 Å². The van der Waals surface area contributed by atoms with Crippen LogP contribution in [-0.2, 0) is 20.9 Å². The van der Waals surface area contributed by atoms with E-state index in [1.54, 1.807) is 5.32 Å². The van der Waals surface area contributed by atoms with E-state index in [1.165, 1.54) is 18.3 Å². The number of benzene rings is 1. The van der Waals surface area contributed by atoms with Gasteiger partial charge in [0.1, 0.15) is 12.3 Å². The number of nitro benzene ring substituents is 1. The Bertz CT molecular complexity index is 1480. The average molecular weight is 599 g/mol. The maximum absolute atomic E-state index is 12.5. The third-order valence-corrected chi connectivity index (χ3v) is 6.26. The molecule has 228 valence electrons. The number of rotatable bonds is 10. The second kappa shape index (κ2) is 13.7. The number of nitro groups is 1. The molecule has 1 aromatic heterocycles. The number of hydrogen-bond acceptors (Lipinski definition) is 9. The lowest BCUT2D eigenvalue weighted by molar-refractivity contribution is -0.386. The van der Waals surface area contributed by atoms with Crippen LogP contribution in [0.5, 0.6) is 0 Å². The predicted molar refractivity (Wildman–Crippen MR) is 139 cm³/mol. The zero-order valence-corrected chi connectivity index (χ0v) is 22.5. The van der Waals surface area contributed by atoms with E-state index in [9.17, 15) is 47.9 Å². The lowest BCUT2D eigenvalue weighted by atomic mass is 9.97. The predicted octanol–water partition coefficient (Wildman–Crippen LogP) is 1.42. The van der Waals surface area contributed by atoms with Gasteiger partial charge in [0.05, 0.1) is 48.0 Å². The third-order valence-electron chi connectivity index (χ3n) is 6.26. The van der Waals surface area contributed by atoms with Gasteiger partial charge in [-0.1, -0.05) is 25.7 Å². The minimum atomic E-state index is -5.06. The molecule has 1 fully saturated rings. The molecule has 4 N–H and O–H groups in total. The summed E-state index contributed by atoms with van der Waals surface area (Å²) in [5, 5.41) is 32.8. The molecule has 2 aromatic rings. The Hall–Kier alpha value is -4.04. The van der Waals surface area contributed by atoms with Crippen molar-refractivity contribution in [3.05, 3.63) is 72.0 Å². The van der Waals surface area contributed by atoms with E-state index >= 15 is 0 Å². The van der Waals surface area contributed by atoms with Gasteiger partial charge in [0.15, 0.2) is 0 Å². The third kappa shape index (κ3) is 8.26. The van der Waals surface area contributed by atoms with Crippen LogP contribution < -0.4 is 16.6 Å². The van der Waals surface area contributed by atoms with Gasteiger partial charge in [0, 0.05) is 24.2 Å². The first-order chi connectivity index (χ1) is 19.7. The van der Waals surface area contributed by atoms with Crippen molar-refractivity contribution in [2.45, 2.75) is 64.0 Å². The smallest absolute Gasteiger partial charge is 0.394 e. The van der Waals surface area contributed by atoms with Crippen molar-refractivity contribution in [1.29, 1.82) is 0 Å². The Morgan fingerprint density at radius 3 is 2.67 bits per heavy atom. The molecule has 16 heteroatoms. The van der Waals surface area contributed by atoms with Gasteiger partial charge in [0.25, 0.3) is 11.2 Å². The number of carbonyl (C=O) groups is 1. The molecule has 4 atom stereocenters. The fourth-order valence-corrected chi connectivity index (χ4v) is 4.22. The molecule has 0 saturated carbocycles. The second-order valence-corrected chi connectivity index (χ2v) is 9.88. The van der Waals surface area contributed by atoms with Gasteiger partial charge in [-0.2, -0.15) is 13.2 Å². The van der Waals surface area contributed by atoms with Gasteiger partial charge in [0.2, 0.25) is 0 Å². The highest BCUT2D eigenvalue weighted by molar-refractivity contribution is 5.81. The molecule has 0 unspecified atom stereocenters. The molecule has 0 spiro atoms. The number of carbonyl (C=O) groups excluding carboxylic acids is 1. The molecule has 2 heterocycles. The number of halogens is 3. The van der Waals surface area contributed by atoms with E-state index in [2.05, 4.69) is 16.8 Å². The standard InChI is InChI=1S/C26H29F3N4O9/c1-14(2)8-20(17-6-5-15(9-18(17)33(39)40)4-3-7-30-24(37)26(27,28)29)41-13-16-11-32(25(38)31-23(16)36)22-10-19(35)21(12-34)42-22/h5-6,9,11,14,19-22,34-35H,7-8,10,12-13H2,1-2H3,(H,30,37)(H,31,36,38)/t19-,20-,21-,22-/m1/s1. The summed E-state index contributed by atoms with van der Waals surface area (Å²) in [4.78, 5) is 49.2. The summed E-state index contributed by atoms with van der Waals surface area (Å²) in [6.45, 7) is 2.24. The minimum Gasteiger partial charge on any atom is -0.394 e. The summed E-state index contributed by atoms with van der Waals surface area (Å²) in [6, 6.07) is 3.92. The number of nitrogens with zero attached hydrogens (tertiary/aromatic N) is 2. The van der Waals surface area contributed by atoms with Crippen LogP contribution in [0.25, 0.3) is 0 Å². The quantitative estimate of drug-likeness (QED) is 0.178. The van der Waals surface area contributed by atoms with Gasteiger partial charge in [-0.3, -0.25) is 29.3 Å². The fourth-order valence-electron chi connectivity index (χ4n) is 4.22. The van der Waals surface area contributed by atoms with Crippen LogP contribution >= 0.6 is 0 Å². The van der Waals surface area contributed by atoms with E-state index < -0.39 is 65.9 Å². The van der Waals surface area contributed by atoms with Gasteiger partial charge in [-0.15, -0.1) is 0 Å². The van der Waals surface area contributed by atoms with Gasteiger partial charge < -0.3 is 25.0 Å². The molecule has 0 radical (unpaired) electrons. The molecule has 1 aliphatic heterocycles. The summed E-state index contributed by atoms with van der Waals surface area (Å²) < 4.78 is 49.4. The van der Waals surface area contributed by atoms with Gasteiger partial charge in [-0.25, -0.2) is 4.79 Å². The maximum Gasteiger partial charge on any atom is 0.471 e. The van der Waals surface area contributed by atoms with Crippen LogP contribution in [0.4, 0.5) is 18.9 Å². The van der Waals surface area contributed by atoms with E-state index in [0.29, 0.717) is 6.42 Å². The zero-order chi connectivity index (χ0) is 31.2. The number of aliphatic hydroxyl groups is 2. The first kappa shape index (κ1) is 32.5. The molecule has 0 aliphatic carbocycles. The number of aromatic amines is 1. The number of amides is 1. The Labute approximate surface area is 236 Å². The molecule has 42 heavy (non-hydrogen) atoms. The second-order valence-electron chi connectivity index (χ2n) is 9.88. The lowest BCUT2D eigenvalue weighted by Gasteiger charge is -2.21. The van der Waals surface area contributed by atoms with Crippen LogP contribution in [0.1, 0.15) is 55.7 Å². The van der Waals surface area contributed by atoms with E-state index in [1.807, 2.05) is 13.8 Å². The number of nitrogens with one attached hydrogen (secondary N) is 2. The molecule has 0 bridgehead atoms. The summed E-state index contributed by atoms with van der Waals surface area (Å²) >= 11 is 0. The summed E-state index contributed by atoms with van der Waals surface area (Å²) in [5.41, 5.74) is -1.67. The van der Waals surface area contributed by atoms with Crippen molar-refractivity contribution in [2.24, 2.45) is 5.92 Å². The Kier molecular flexibility index (Phi) is 10.6. The molecule has 13 nitrogen and oxygen atoms in total. The summed E-state index contributed by atoms with van der Waals surface area (Å²) in [7, 11) is 0. The van der Waals surface area contributed by atoms with Crippen molar-refractivity contribution in [3.63, 3.8) is 0 Å². The number of H-pyrrole nitrogens is 1. The Balaban J connectivity index is 1.84. The molecule has 3 rings (SSSR count). The maximum atomic E-state index is 12.5. The molecular weight excluding hydrogens is 569 g/mol. The Morgan fingerprint density at radius 1 is 1.36 bits per heavy atom. The van der Waals surface area contributed by atoms with Crippen LogP contribution in [0.3, 0.4) is 0 Å². The molecule has 1 saturated heterocycles. The first-order valence-corrected chi connectivity index (χ1v) is 12.7. The highest BCUT2D eigenvalue weighted by Crippen LogP contribution is 2.34. The fraction of sp³-hybridized carbons (Fsp3) is 0.500. The highest BCUT2D eigenvalue weighted by Gasteiger charge is 2.38. The molecule has 1 aliphatic rings. The summed E-state index contributed by atoms with van der Waals surface area (Å²) in [6.07, 6.45) is -7.35. The molecular formula is C26H29F3N4O9. The van der Waals surface area contributed by atoms with Crippen molar-refractivity contribution in [2.75, 3.05) is 13.2 Å². The van der Waals surface area contributed by atoms with E-state index in [-0.39, 0.29) is 41.3 Å². The normalized spacial score (nSPS) is 19.3. The number of hydrogen-bond donors (Lipinski definition) is 4. The van der Waals surface area contributed by atoms with Gasteiger partial charge in [-0.05, 0) is 24.5 Å². The van der Waals surface area contributed by atoms with Crippen LogP contribution in [-0.4, -0.2) is 62.1 Å². The van der Waals surface area contributed by atoms with Crippen molar-refractivity contribution in [1.82, 2.24) is 14.9 Å². The SMILES string of the molecule is CC(C)C[C@@H](OCc1cn([C@H]2C[C@@H](O)[C@@H](CO)O2)c(=O)[nH]c1=O)c1ccc(C#CCNC(=O)C(F)(F)F)cc1[N+](=O)[O-]. The number of aliphatic hydroxyl groups excluding tert-OH is 2. The number of ether oxygens (including phenoxy) is 2. The largest absolute Gasteiger partial charge is 0.471 e. The molecule has 1 amide bonds. The van der Waals surface area contributed by atoms with Crippen LogP contribution in [0, 0.1) is 27.9 Å². The number of aromatic nitrogens is 2. The topological polar surface area (TPSA) is 186 Å². The van der Waals surface area contributed by atoms with E-state index in [4.69, 9.17) is 9.47 Å². The average Bonchev–Trinajstić information content (AvgIpc) is 3.29. The lowest BCUT2D eigenvalue weighted by Crippen LogP contribution is -2.36. The van der Waals surface area contributed by atoms with Crippen molar-refractivity contribution in [3.8, 4) is 11.8 Å². The van der Waals surface area contributed by atoms with Crippen LogP contribution in [0.2, 0.25) is 0 Å². The van der Waals surface area contributed by atoms with Crippen molar-refractivity contribution >= 4 is 11.6 Å². The zero-order valence-electron chi connectivity index (χ0n) is 22.5. The monoisotopic (exact) mass is 598 g/mol. The Morgan fingerprint density at radius 2 is 2.07 bits per heavy atom. The molecule has 1 aromatic carbocycles. The van der Waals surface area contributed by atoms with Crippen molar-refractivity contribution < 1.29 is 42.6 Å². The number of alkyl halides is 3. The van der Waals surface area contributed by atoms with Crippen LogP contribution in [0.15, 0.2) is 34.0 Å². The minimum absolute atomic E-state index is 0.0000572. The highest BCUT2D eigenvalue weighted by atomic mass is 19.4. The van der Waals surface area contributed by atoms with Gasteiger partial charge >= 0.3 is 17.8 Å². The summed E-state index contributed by atoms with van der Waals surface area (Å²) in [5.74, 6) is 2.60.